The molecular weight excluding hydrogens is 244 g/mol. The fourth-order valence-electron chi connectivity index (χ4n) is 1.60. The van der Waals surface area contributed by atoms with Crippen molar-refractivity contribution in [3.8, 4) is 5.75 Å². The van der Waals surface area contributed by atoms with Crippen molar-refractivity contribution in [2.75, 3.05) is 11.1 Å². The van der Waals surface area contributed by atoms with E-state index >= 15 is 0 Å². The number of hydrogen-bond donors (Lipinski definition) is 2. The Morgan fingerprint density at radius 2 is 1.94 bits per heavy atom. The predicted molar refractivity (Wildman–Crippen MR) is 78.3 cm³/mol. The van der Waals surface area contributed by atoms with Crippen molar-refractivity contribution < 1.29 is 4.74 Å². The average molecular weight is 262 g/mol. The zero-order valence-electron chi connectivity index (χ0n) is 10.6. The van der Waals surface area contributed by atoms with E-state index < -0.39 is 0 Å². The second-order valence-electron chi connectivity index (χ2n) is 4.34. The van der Waals surface area contributed by atoms with Crippen LogP contribution in [0.15, 0.2) is 35.7 Å². The van der Waals surface area contributed by atoms with Crippen LogP contribution in [-0.2, 0) is 6.54 Å². The molecule has 3 nitrogen and oxygen atoms in total. The predicted octanol–water partition coefficient (Wildman–Crippen LogP) is 3.73. The van der Waals surface area contributed by atoms with Crippen LogP contribution in [0.2, 0.25) is 0 Å². The maximum Gasteiger partial charge on any atom is 0.119 e. The molecule has 1 aromatic heterocycles. The Morgan fingerprint density at radius 1 is 1.22 bits per heavy atom. The van der Waals surface area contributed by atoms with Crippen molar-refractivity contribution in [1.82, 2.24) is 0 Å². The molecule has 0 aliphatic heterocycles. The Hall–Kier alpha value is -1.68. The average Bonchev–Trinajstić information content (AvgIpc) is 2.73. The Labute approximate surface area is 112 Å². The first-order valence-corrected chi connectivity index (χ1v) is 6.85. The first-order valence-electron chi connectivity index (χ1n) is 5.97. The number of nitrogens with two attached hydrogens (primary N) is 1. The van der Waals surface area contributed by atoms with E-state index in [0.29, 0.717) is 0 Å². The van der Waals surface area contributed by atoms with Crippen molar-refractivity contribution >= 4 is 22.7 Å². The van der Waals surface area contributed by atoms with Gasteiger partial charge in [-0.25, -0.2) is 0 Å². The summed E-state index contributed by atoms with van der Waals surface area (Å²) in [6.45, 7) is 4.80. The quantitative estimate of drug-likeness (QED) is 0.863. The third-order valence-electron chi connectivity index (χ3n) is 2.46. The monoisotopic (exact) mass is 262 g/mol. The lowest BCUT2D eigenvalue weighted by Crippen LogP contribution is -2.05. The number of hydrogen-bond acceptors (Lipinski definition) is 4. The largest absolute Gasteiger partial charge is 0.491 e. The molecule has 0 aliphatic rings. The SMILES string of the molecule is CC(C)Oc1ccc(NCc2sccc2N)cc1. The van der Waals surface area contributed by atoms with Gasteiger partial charge in [-0.2, -0.15) is 0 Å². The molecule has 0 saturated heterocycles. The highest BCUT2D eigenvalue weighted by Gasteiger charge is 2.01. The molecule has 0 amide bonds. The zero-order chi connectivity index (χ0) is 13.0. The van der Waals surface area contributed by atoms with Crippen LogP contribution in [0.4, 0.5) is 11.4 Å². The number of rotatable bonds is 5. The molecule has 2 rings (SSSR count). The molecule has 1 heterocycles. The fraction of sp³-hybridized carbons (Fsp3) is 0.286. The molecule has 3 N–H and O–H groups in total. The molecule has 0 aliphatic carbocycles. The van der Waals surface area contributed by atoms with Gasteiger partial charge in [0.1, 0.15) is 5.75 Å². The minimum absolute atomic E-state index is 0.203. The van der Waals surface area contributed by atoms with Gasteiger partial charge in [-0.3, -0.25) is 0 Å². The van der Waals surface area contributed by atoms with E-state index in [-0.39, 0.29) is 6.10 Å². The Kier molecular flexibility index (Phi) is 4.10. The summed E-state index contributed by atoms with van der Waals surface area (Å²) in [5.74, 6) is 0.895. The number of benzene rings is 1. The molecule has 0 unspecified atom stereocenters. The van der Waals surface area contributed by atoms with E-state index in [0.717, 1.165) is 28.5 Å². The highest BCUT2D eigenvalue weighted by molar-refractivity contribution is 7.10. The zero-order valence-corrected chi connectivity index (χ0v) is 11.5. The lowest BCUT2D eigenvalue weighted by atomic mass is 10.3. The molecule has 0 bridgehead atoms. The second-order valence-corrected chi connectivity index (χ2v) is 5.34. The maximum absolute atomic E-state index is 5.83. The van der Waals surface area contributed by atoms with Gasteiger partial charge in [0, 0.05) is 16.3 Å². The van der Waals surface area contributed by atoms with Gasteiger partial charge < -0.3 is 15.8 Å². The molecule has 18 heavy (non-hydrogen) atoms. The number of nitrogens with one attached hydrogen (secondary N) is 1. The van der Waals surface area contributed by atoms with Crippen molar-refractivity contribution in [3.05, 3.63) is 40.6 Å². The molecule has 2 aromatic rings. The topological polar surface area (TPSA) is 47.3 Å². The van der Waals surface area contributed by atoms with Gasteiger partial charge in [0.05, 0.1) is 12.6 Å². The van der Waals surface area contributed by atoms with Crippen molar-refractivity contribution in [3.63, 3.8) is 0 Å². The number of anilines is 2. The molecule has 0 radical (unpaired) electrons. The van der Waals surface area contributed by atoms with Gasteiger partial charge in [0.2, 0.25) is 0 Å². The number of nitrogen functional groups attached to an aromatic ring is 1. The summed E-state index contributed by atoms with van der Waals surface area (Å²) in [6.07, 6.45) is 0.203. The Morgan fingerprint density at radius 3 is 2.50 bits per heavy atom. The van der Waals surface area contributed by atoms with E-state index in [1.165, 1.54) is 0 Å². The first kappa shape index (κ1) is 12.8. The number of thiophene rings is 1. The highest BCUT2D eigenvalue weighted by Crippen LogP contribution is 2.21. The number of ether oxygens (including phenoxy) is 1. The molecule has 4 heteroatoms. The smallest absolute Gasteiger partial charge is 0.119 e. The molecule has 0 spiro atoms. The third-order valence-corrected chi connectivity index (χ3v) is 3.40. The molecule has 96 valence electrons. The summed E-state index contributed by atoms with van der Waals surface area (Å²) < 4.78 is 5.59. The van der Waals surface area contributed by atoms with Crippen molar-refractivity contribution in [2.24, 2.45) is 0 Å². The summed E-state index contributed by atoms with van der Waals surface area (Å²) in [6, 6.07) is 9.91. The lowest BCUT2D eigenvalue weighted by molar-refractivity contribution is 0.242. The van der Waals surface area contributed by atoms with E-state index in [9.17, 15) is 0 Å². The summed E-state index contributed by atoms with van der Waals surface area (Å²) in [7, 11) is 0. The van der Waals surface area contributed by atoms with Gasteiger partial charge in [0.15, 0.2) is 0 Å². The summed E-state index contributed by atoms with van der Waals surface area (Å²) in [5, 5.41) is 5.35. The summed E-state index contributed by atoms with van der Waals surface area (Å²) >= 11 is 1.67. The Bertz CT molecular complexity index is 491. The minimum atomic E-state index is 0.203. The van der Waals surface area contributed by atoms with E-state index in [1.54, 1.807) is 11.3 Å². The van der Waals surface area contributed by atoms with Gasteiger partial charge in [-0.05, 0) is 49.6 Å². The van der Waals surface area contributed by atoms with E-state index in [1.807, 2.05) is 49.6 Å². The van der Waals surface area contributed by atoms with Crippen molar-refractivity contribution in [2.45, 2.75) is 26.5 Å². The summed E-state index contributed by atoms with van der Waals surface area (Å²) in [5.41, 5.74) is 7.76. The normalized spacial score (nSPS) is 10.6. The maximum atomic E-state index is 5.83. The van der Waals surface area contributed by atoms with Gasteiger partial charge in [-0.15, -0.1) is 11.3 Å². The Balaban J connectivity index is 1.92. The van der Waals surface area contributed by atoms with E-state index in [4.69, 9.17) is 10.5 Å². The van der Waals surface area contributed by atoms with Crippen LogP contribution in [-0.4, -0.2) is 6.10 Å². The molecule has 1 aromatic carbocycles. The van der Waals surface area contributed by atoms with Gasteiger partial charge >= 0.3 is 0 Å². The van der Waals surface area contributed by atoms with Crippen LogP contribution in [0.1, 0.15) is 18.7 Å². The highest BCUT2D eigenvalue weighted by atomic mass is 32.1. The van der Waals surface area contributed by atoms with Gasteiger partial charge in [-0.1, -0.05) is 0 Å². The molecular formula is C14H18N2OS. The first-order chi connectivity index (χ1) is 8.65. The van der Waals surface area contributed by atoms with Gasteiger partial charge in [0.25, 0.3) is 0 Å². The van der Waals surface area contributed by atoms with Crippen molar-refractivity contribution in [1.29, 1.82) is 0 Å². The molecule has 0 atom stereocenters. The fourth-order valence-corrected chi connectivity index (χ4v) is 2.34. The van der Waals surface area contributed by atoms with Crippen LogP contribution >= 0.6 is 11.3 Å². The standard InChI is InChI=1S/C14H18N2OS/c1-10(2)17-12-5-3-11(4-6-12)16-9-14-13(15)7-8-18-14/h3-8,10,16H,9,15H2,1-2H3. The van der Waals surface area contributed by atoms with Crippen LogP contribution in [0.3, 0.4) is 0 Å². The molecule has 0 fully saturated rings. The van der Waals surface area contributed by atoms with Crippen LogP contribution in [0.5, 0.6) is 5.75 Å². The van der Waals surface area contributed by atoms with Crippen LogP contribution in [0, 0.1) is 0 Å². The second kappa shape index (κ2) is 5.78. The summed E-state index contributed by atoms with van der Waals surface area (Å²) in [4.78, 5) is 1.16. The van der Waals surface area contributed by atoms with Crippen LogP contribution in [0.25, 0.3) is 0 Å². The van der Waals surface area contributed by atoms with Crippen LogP contribution < -0.4 is 15.8 Å². The third kappa shape index (κ3) is 3.40. The molecule has 0 saturated carbocycles. The minimum Gasteiger partial charge on any atom is -0.491 e. The lowest BCUT2D eigenvalue weighted by Gasteiger charge is -2.11. The van der Waals surface area contributed by atoms with E-state index in [2.05, 4.69) is 5.32 Å².